The third-order valence-electron chi connectivity index (χ3n) is 5.57. The normalized spacial score (nSPS) is 19.0. The van der Waals surface area contributed by atoms with E-state index in [1.54, 1.807) is 12.0 Å². The lowest BCUT2D eigenvalue weighted by molar-refractivity contribution is -0.129. The van der Waals surface area contributed by atoms with Gasteiger partial charge >= 0.3 is 0 Å². The number of fused-ring (bicyclic) bond motifs is 1. The summed E-state index contributed by atoms with van der Waals surface area (Å²) in [5, 5.41) is 6.79. The first-order valence-corrected chi connectivity index (χ1v) is 10.4. The van der Waals surface area contributed by atoms with E-state index >= 15 is 0 Å². The largest absolute Gasteiger partial charge is 0.480 e. The van der Waals surface area contributed by atoms with E-state index in [0.717, 1.165) is 43.7 Å². The van der Waals surface area contributed by atoms with Crippen molar-refractivity contribution in [2.45, 2.75) is 19.4 Å². The SMILES string of the molecule is COc1nc2c(cc1Nc1ncc(Cl)c(NCC3CCN(C)C3=O)n1)CN(C)CC2. The highest BCUT2D eigenvalue weighted by atomic mass is 35.5. The van der Waals surface area contributed by atoms with Crippen LogP contribution >= 0.6 is 11.6 Å². The van der Waals surface area contributed by atoms with E-state index in [9.17, 15) is 4.79 Å². The van der Waals surface area contributed by atoms with Crippen LogP contribution in [0.4, 0.5) is 17.5 Å². The quantitative estimate of drug-likeness (QED) is 0.718. The van der Waals surface area contributed by atoms with Crippen molar-refractivity contribution in [1.82, 2.24) is 24.8 Å². The van der Waals surface area contributed by atoms with Crippen molar-refractivity contribution in [3.8, 4) is 5.88 Å². The van der Waals surface area contributed by atoms with Gasteiger partial charge in [-0.15, -0.1) is 0 Å². The maximum Gasteiger partial charge on any atom is 0.237 e. The average Bonchev–Trinajstić information content (AvgIpc) is 3.05. The first-order valence-electron chi connectivity index (χ1n) is 9.98. The number of methoxy groups -OCH3 is 1. The van der Waals surface area contributed by atoms with Crippen LogP contribution in [-0.2, 0) is 17.8 Å². The molecular weight excluding hydrogens is 406 g/mol. The van der Waals surface area contributed by atoms with Gasteiger partial charge in [0, 0.05) is 39.6 Å². The van der Waals surface area contributed by atoms with Gasteiger partial charge in [-0.05, 0) is 25.1 Å². The molecule has 1 amide bonds. The molecule has 10 heteroatoms. The Balaban J connectivity index is 1.52. The Morgan fingerprint density at radius 3 is 2.87 bits per heavy atom. The van der Waals surface area contributed by atoms with Crippen LogP contribution in [0.3, 0.4) is 0 Å². The number of ether oxygens (including phenoxy) is 1. The third kappa shape index (κ3) is 4.27. The van der Waals surface area contributed by atoms with Crippen molar-refractivity contribution in [3.05, 3.63) is 28.5 Å². The van der Waals surface area contributed by atoms with Gasteiger partial charge in [0.05, 0.1) is 24.9 Å². The molecule has 2 aliphatic heterocycles. The van der Waals surface area contributed by atoms with Gasteiger partial charge < -0.3 is 25.2 Å². The highest BCUT2D eigenvalue weighted by molar-refractivity contribution is 6.32. The first kappa shape index (κ1) is 20.6. The molecule has 2 N–H and O–H groups in total. The summed E-state index contributed by atoms with van der Waals surface area (Å²) in [6, 6.07) is 2.04. The molecule has 4 heterocycles. The van der Waals surface area contributed by atoms with E-state index in [4.69, 9.17) is 16.3 Å². The third-order valence-corrected chi connectivity index (χ3v) is 5.84. The molecular formula is C20H26ClN7O2. The molecule has 0 aromatic carbocycles. The molecule has 160 valence electrons. The smallest absolute Gasteiger partial charge is 0.237 e. The second kappa shape index (κ2) is 8.61. The molecule has 30 heavy (non-hydrogen) atoms. The topological polar surface area (TPSA) is 95.5 Å². The summed E-state index contributed by atoms with van der Waals surface area (Å²) in [6.45, 7) is 3.06. The minimum Gasteiger partial charge on any atom is -0.480 e. The lowest BCUT2D eigenvalue weighted by atomic mass is 10.1. The van der Waals surface area contributed by atoms with Crippen molar-refractivity contribution >= 4 is 35.0 Å². The summed E-state index contributed by atoms with van der Waals surface area (Å²) in [6.07, 6.45) is 3.25. The number of rotatable bonds is 6. The zero-order valence-electron chi connectivity index (χ0n) is 17.4. The van der Waals surface area contributed by atoms with E-state index in [0.29, 0.717) is 34.9 Å². The molecule has 1 saturated heterocycles. The number of aromatic nitrogens is 3. The van der Waals surface area contributed by atoms with Gasteiger partial charge in [0.15, 0.2) is 5.82 Å². The van der Waals surface area contributed by atoms with Crippen LogP contribution < -0.4 is 15.4 Å². The average molecular weight is 432 g/mol. The van der Waals surface area contributed by atoms with Crippen molar-refractivity contribution in [3.63, 3.8) is 0 Å². The Kier molecular flexibility index (Phi) is 5.92. The van der Waals surface area contributed by atoms with Gasteiger partial charge in [-0.2, -0.15) is 4.98 Å². The number of likely N-dealkylation sites (tertiary alicyclic amines) is 1. The van der Waals surface area contributed by atoms with Crippen molar-refractivity contribution in [1.29, 1.82) is 0 Å². The molecule has 2 aromatic rings. The standard InChI is InChI=1S/C20H26ClN7O2/c1-27-6-5-15-13(11-27)8-16(18(24-15)30-3)25-20-23-10-14(21)17(26-20)22-9-12-4-7-28(2)19(12)29/h8,10,12H,4-7,9,11H2,1-3H3,(H2,22,23,25,26). The lowest BCUT2D eigenvalue weighted by Gasteiger charge is -2.25. The molecule has 2 aromatic heterocycles. The number of carbonyl (C=O) groups excluding carboxylic acids is 1. The fourth-order valence-electron chi connectivity index (χ4n) is 3.81. The Morgan fingerprint density at radius 1 is 1.30 bits per heavy atom. The number of halogens is 1. The number of hydrogen-bond acceptors (Lipinski definition) is 8. The van der Waals surface area contributed by atoms with Gasteiger partial charge in [0.25, 0.3) is 0 Å². The molecule has 0 spiro atoms. The molecule has 2 aliphatic rings. The zero-order valence-corrected chi connectivity index (χ0v) is 18.2. The summed E-state index contributed by atoms with van der Waals surface area (Å²) in [5.41, 5.74) is 2.91. The summed E-state index contributed by atoms with van der Waals surface area (Å²) >= 11 is 6.27. The van der Waals surface area contributed by atoms with Crippen molar-refractivity contribution in [2.75, 3.05) is 51.5 Å². The Hall–Kier alpha value is -2.65. The second-order valence-electron chi connectivity index (χ2n) is 7.78. The zero-order chi connectivity index (χ0) is 21.3. The fraction of sp³-hybridized carbons (Fsp3) is 0.500. The molecule has 0 saturated carbocycles. The Morgan fingerprint density at radius 2 is 2.13 bits per heavy atom. The van der Waals surface area contributed by atoms with Crippen LogP contribution in [0, 0.1) is 5.92 Å². The van der Waals surface area contributed by atoms with Gasteiger partial charge in [-0.3, -0.25) is 4.79 Å². The van der Waals surface area contributed by atoms with Crippen LogP contribution in [0.15, 0.2) is 12.3 Å². The number of nitrogens with one attached hydrogen (secondary N) is 2. The van der Waals surface area contributed by atoms with Crippen LogP contribution in [0.5, 0.6) is 5.88 Å². The highest BCUT2D eigenvalue weighted by Crippen LogP contribution is 2.30. The van der Waals surface area contributed by atoms with Crippen LogP contribution in [0.25, 0.3) is 0 Å². The van der Waals surface area contributed by atoms with Crippen molar-refractivity contribution < 1.29 is 9.53 Å². The molecule has 9 nitrogen and oxygen atoms in total. The molecule has 1 fully saturated rings. The van der Waals surface area contributed by atoms with Crippen LogP contribution in [0.1, 0.15) is 17.7 Å². The Bertz CT molecular complexity index is 955. The minimum atomic E-state index is -0.0700. The number of hydrogen-bond donors (Lipinski definition) is 2. The predicted molar refractivity (Wildman–Crippen MR) is 115 cm³/mol. The van der Waals surface area contributed by atoms with E-state index in [2.05, 4.69) is 37.5 Å². The van der Waals surface area contributed by atoms with Gasteiger partial charge in [0.2, 0.25) is 17.7 Å². The predicted octanol–water partition coefficient (Wildman–Crippen LogP) is 2.16. The number of pyridine rings is 1. The molecule has 0 aliphatic carbocycles. The van der Waals surface area contributed by atoms with E-state index < -0.39 is 0 Å². The van der Waals surface area contributed by atoms with E-state index in [1.165, 1.54) is 6.20 Å². The number of anilines is 3. The van der Waals surface area contributed by atoms with Gasteiger partial charge in [-0.25, -0.2) is 9.97 Å². The molecule has 0 radical (unpaired) electrons. The van der Waals surface area contributed by atoms with Gasteiger partial charge in [0.1, 0.15) is 10.7 Å². The maximum absolute atomic E-state index is 12.1. The number of nitrogens with zero attached hydrogens (tertiary/aromatic N) is 5. The fourth-order valence-corrected chi connectivity index (χ4v) is 3.97. The lowest BCUT2D eigenvalue weighted by Crippen LogP contribution is -2.27. The second-order valence-corrected chi connectivity index (χ2v) is 8.19. The Labute approximate surface area is 180 Å². The number of likely N-dealkylation sites (N-methyl/N-ethyl adjacent to an activating group) is 1. The van der Waals surface area contributed by atoms with Crippen LogP contribution in [0.2, 0.25) is 5.02 Å². The number of carbonyl (C=O) groups is 1. The first-order chi connectivity index (χ1) is 14.4. The highest BCUT2D eigenvalue weighted by Gasteiger charge is 2.29. The van der Waals surface area contributed by atoms with E-state index in [-0.39, 0.29) is 11.8 Å². The maximum atomic E-state index is 12.1. The van der Waals surface area contributed by atoms with E-state index in [1.807, 2.05) is 13.1 Å². The summed E-state index contributed by atoms with van der Waals surface area (Å²) in [5.74, 6) is 1.44. The molecule has 0 bridgehead atoms. The summed E-state index contributed by atoms with van der Waals surface area (Å²) in [7, 11) is 5.51. The molecule has 4 rings (SSSR count). The van der Waals surface area contributed by atoms with Gasteiger partial charge in [-0.1, -0.05) is 11.6 Å². The summed E-state index contributed by atoms with van der Waals surface area (Å²) in [4.78, 5) is 29.5. The van der Waals surface area contributed by atoms with Crippen LogP contribution in [-0.4, -0.2) is 71.5 Å². The molecule has 1 unspecified atom stereocenters. The summed E-state index contributed by atoms with van der Waals surface area (Å²) < 4.78 is 5.47. The monoisotopic (exact) mass is 431 g/mol. The molecule has 1 atom stereocenters. The number of amides is 1. The minimum absolute atomic E-state index is 0.0700. The van der Waals surface area contributed by atoms with Crippen molar-refractivity contribution in [2.24, 2.45) is 5.92 Å².